The van der Waals surface area contributed by atoms with Gasteiger partial charge in [0.2, 0.25) is 0 Å². The van der Waals surface area contributed by atoms with Gasteiger partial charge in [-0.25, -0.2) is 0 Å². The van der Waals surface area contributed by atoms with Gasteiger partial charge in [-0.05, 0) is 69.6 Å². The van der Waals surface area contributed by atoms with Gasteiger partial charge in [0.1, 0.15) is 5.75 Å². The van der Waals surface area contributed by atoms with Crippen LogP contribution in [0.3, 0.4) is 0 Å². The van der Waals surface area contributed by atoms with Crippen LogP contribution in [-0.2, 0) is 14.9 Å². The van der Waals surface area contributed by atoms with Gasteiger partial charge in [-0.15, -0.1) is 0 Å². The first-order valence-electron chi connectivity index (χ1n) is 12.1. The lowest BCUT2D eigenvalue weighted by atomic mass is 9.96. The molecule has 0 radical (unpaired) electrons. The number of methoxy groups -OCH3 is 1. The summed E-state index contributed by atoms with van der Waals surface area (Å²) >= 11 is 0. The topological polar surface area (TPSA) is 55.3 Å². The highest BCUT2D eigenvalue weighted by Crippen LogP contribution is 2.48. The van der Waals surface area contributed by atoms with Crippen LogP contribution in [-0.4, -0.2) is 69.6 Å². The second-order valence-corrected chi connectivity index (χ2v) is 9.19. The van der Waals surface area contributed by atoms with Gasteiger partial charge in [-0.2, -0.15) is 0 Å². The number of guanidine groups is 1. The lowest BCUT2D eigenvalue weighted by molar-refractivity contribution is -0.0721. The standard InChI is InChI=1S/C25H39N3O3/c1-3-26-24(27-19-25(13-14-25)20-7-9-21(29-2)10-8-20)28-15-11-22(12-16-28)31-18-23-6-4-5-17-30-23/h7-10,22-23H,3-6,11-19H2,1-2H3,(H,26,27). The molecule has 1 N–H and O–H groups in total. The van der Waals surface area contributed by atoms with Crippen molar-refractivity contribution in [1.29, 1.82) is 0 Å². The molecule has 1 atom stereocenters. The molecule has 2 heterocycles. The third-order valence-corrected chi connectivity index (χ3v) is 6.96. The van der Waals surface area contributed by atoms with E-state index in [0.29, 0.717) is 12.2 Å². The molecule has 6 nitrogen and oxygen atoms in total. The normalized spacial score (nSPS) is 24.1. The molecule has 3 aliphatic rings. The van der Waals surface area contributed by atoms with Gasteiger partial charge in [-0.1, -0.05) is 12.1 Å². The number of rotatable bonds is 8. The highest BCUT2D eigenvalue weighted by molar-refractivity contribution is 5.80. The summed E-state index contributed by atoms with van der Waals surface area (Å²) in [6, 6.07) is 8.53. The van der Waals surface area contributed by atoms with Crippen LogP contribution in [0.15, 0.2) is 29.3 Å². The average molecular weight is 430 g/mol. The summed E-state index contributed by atoms with van der Waals surface area (Å²) in [5.41, 5.74) is 1.58. The van der Waals surface area contributed by atoms with Crippen LogP contribution in [0.2, 0.25) is 0 Å². The Labute approximate surface area is 187 Å². The quantitative estimate of drug-likeness (QED) is 0.504. The third-order valence-electron chi connectivity index (χ3n) is 6.96. The number of piperidine rings is 1. The number of nitrogens with one attached hydrogen (secondary N) is 1. The highest BCUT2D eigenvalue weighted by Gasteiger charge is 2.44. The van der Waals surface area contributed by atoms with Crippen LogP contribution in [0.1, 0.15) is 57.4 Å². The van der Waals surface area contributed by atoms with E-state index in [0.717, 1.165) is 70.4 Å². The molecule has 3 fully saturated rings. The van der Waals surface area contributed by atoms with Gasteiger partial charge in [-0.3, -0.25) is 4.99 Å². The van der Waals surface area contributed by atoms with Crippen molar-refractivity contribution in [2.75, 3.05) is 46.5 Å². The molecule has 0 bridgehead atoms. The molecule has 1 aliphatic carbocycles. The number of benzene rings is 1. The van der Waals surface area contributed by atoms with E-state index in [4.69, 9.17) is 19.2 Å². The summed E-state index contributed by atoms with van der Waals surface area (Å²) in [7, 11) is 1.72. The molecule has 0 spiro atoms. The number of nitrogens with zero attached hydrogens (tertiary/aromatic N) is 2. The van der Waals surface area contributed by atoms with Crippen LogP contribution in [0.5, 0.6) is 5.75 Å². The fourth-order valence-corrected chi connectivity index (χ4v) is 4.70. The van der Waals surface area contributed by atoms with E-state index >= 15 is 0 Å². The van der Waals surface area contributed by atoms with Crippen molar-refractivity contribution in [3.05, 3.63) is 29.8 Å². The molecule has 172 valence electrons. The summed E-state index contributed by atoms with van der Waals surface area (Å²) in [4.78, 5) is 7.48. The number of hydrogen-bond donors (Lipinski definition) is 1. The Morgan fingerprint density at radius 2 is 1.94 bits per heavy atom. The van der Waals surface area contributed by atoms with E-state index in [2.05, 4.69) is 41.4 Å². The fraction of sp³-hybridized carbons (Fsp3) is 0.720. The monoisotopic (exact) mass is 429 g/mol. The molecule has 4 rings (SSSR count). The fourth-order valence-electron chi connectivity index (χ4n) is 4.70. The number of likely N-dealkylation sites (tertiary alicyclic amines) is 1. The van der Waals surface area contributed by atoms with Crippen molar-refractivity contribution in [1.82, 2.24) is 10.2 Å². The number of hydrogen-bond acceptors (Lipinski definition) is 4. The van der Waals surface area contributed by atoms with E-state index in [-0.39, 0.29) is 5.41 Å². The van der Waals surface area contributed by atoms with Gasteiger partial charge < -0.3 is 24.4 Å². The third kappa shape index (κ3) is 5.92. The molecular weight excluding hydrogens is 390 g/mol. The Morgan fingerprint density at radius 1 is 1.16 bits per heavy atom. The summed E-state index contributed by atoms with van der Waals surface area (Å²) < 4.78 is 17.3. The van der Waals surface area contributed by atoms with Crippen molar-refractivity contribution >= 4 is 5.96 Å². The van der Waals surface area contributed by atoms with Crippen LogP contribution in [0, 0.1) is 0 Å². The van der Waals surface area contributed by atoms with Crippen molar-refractivity contribution in [3.63, 3.8) is 0 Å². The highest BCUT2D eigenvalue weighted by atomic mass is 16.5. The smallest absolute Gasteiger partial charge is 0.193 e. The van der Waals surface area contributed by atoms with Gasteiger partial charge in [0.15, 0.2) is 5.96 Å². The van der Waals surface area contributed by atoms with E-state index < -0.39 is 0 Å². The van der Waals surface area contributed by atoms with Gasteiger partial charge in [0.05, 0.1) is 32.5 Å². The predicted molar refractivity (Wildman–Crippen MR) is 124 cm³/mol. The van der Waals surface area contributed by atoms with Crippen molar-refractivity contribution in [2.45, 2.75) is 69.5 Å². The first-order valence-corrected chi connectivity index (χ1v) is 12.1. The molecule has 31 heavy (non-hydrogen) atoms. The van der Waals surface area contributed by atoms with Gasteiger partial charge >= 0.3 is 0 Å². The Morgan fingerprint density at radius 3 is 2.55 bits per heavy atom. The van der Waals surface area contributed by atoms with Crippen molar-refractivity contribution < 1.29 is 14.2 Å². The molecule has 6 heteroatoms. The molecule has 2 saturated heterocycles. The Balaban J connectivity index is 1.29. The molecular formula is C25H39N3O3. The number of aliphatic imine (C=N–C) groups is 1. The number of ether oxygens (including phenoxy) is 3. The Bertz CT molecular complexity index is 703. The molecule has 0 amide bonds. The van der Waals surface area contributed by atoms with Crippen LogP contribution >= 0.6 is 0 Å². The van der Waals surface area contributed by atoms with Gasteiger partial charge in [0, 0.05) is 31.7 Å². The minimum atomic E-state index is 0.203. The minimum Gasteiger partial charge on any atom is -0.497 e. The predicted octanol–water partition coefficient (Wildman–Crippen LogP) is 3.74. The summed E-state index contributed by atoms with van der Waals surface area (Å²) in [5, 5.41) is 3.52. The van der Waals surface area contributed by atoms with E-state index in [1.54, 1.807) is 7.11 Å². The van der Waals surface area contributed by atoms with Crippen LogP contribution in [0.25, 0.3) is 0 Å². The maximum Gasteiger partial charge on any atom is 0.193 e. The second kappa shape index (κ2) is 10.7. The maximum absolute atomic E-state index is 6.19. The van der Waals surface area contributed by atoms with Crippen LogP contribution < -0.4 is 10.1 Å². The summed E-state index contributed by atoms with van der Waals surface area (Å²) in [5.74, 6) is 1.97. The zero-order chi connectivity index (χ0) is 21.5. The van der Waals surface area contributed by atoms with E-state index in [9.17, 15) is 0 Å². The average Bonchev–Trinajstić information content (AvgIpc) is 3.63. The van der Waals surface area contributed by atoms with Crippen molar-refractivity contribution in [2.24, 2.45) is 4.99 Å². The van der Waals surface area contributed by atoms with E-state index in [1.165, 1.54) is 31.2 Å². The molecule has 1 aromatic rings. The SMILES string of the molecule is CCNC(=NCC1(c2ccc(OC)cc2)CC1)N1CCC(OCC2CCCCO2)CC1. The summed E-state index contributed by atoms with van der Waals surface area (Å²) in [6.45, 7) is 7.53. The van der Waals surface area contributed by atoms with Gasteiger partial charge in [0.25, 0.3) is 0 Å². The Kier molecular flexibility index (Phi) is 7.72. The Hall–Kier alpha value is -1.79. The lowest BCUT2D eigenvalue weighted by Gasteiger charge is -2.35. The second-order valence-electron chi connectivity index (χ2n) is 9.19. The maximum atomic E-state index is 6.19. The molecule has 1 saturated carbocycles. The lowest BCUT2D eigenvalue weighted by Crippen LogP contribution is -2.47. The minimum absolute atomic E-state index is 0.203. The van der Waals surface area contributed by atoms with Crippen molar-refractivity contribution in [3.8, 4) is 5.75 Å². The molecule has 0 aromatic heterocycles. The largest absolute Gasteiger partial charge is 0.497 e. The van der Waals surface area contributed by atoms with Crippen LogP contribution in [0.4, 0.5) is 0 Å². The zero-order valence-electron chi connectivity index (χ0n) is 19.3. The zero-order valence-corrected chi connectivity index (χ0v) is 19.3. The molecule has 2 aliphatic heterocycles. The molecule has 1 aromatic carbocycles. The van der Waals surface area contributed by atoms with E-state index in [1.807, 2.05) is 0 Å². The first kappa shape index (κ1) is 22.4. The summed E-state index contributed by atoms with van der Waals surface area (Å²) in [6.07, 6.45) is 8.79. The molecule has 1 unspecified atom stereocenters. The first-order chi connectivity index (χ1) is 15.2.